The number of halogens is 2. The van der Waals surface area contributed by atoms with Crippen molar-refractivity contribution in [1.82, 2.24) is 5.43 Å². The second-order valence-electron chi connectivity index (χ2n) is 5.14. The van der Waals surface area contributed by atoms with Gasteiger partial charge in [0, 0.05) is 0 Å². The van der Waals surface area contributed by atoms with Crippen LogP contribution in [0.5, 0.6) is 11.5 Å². The number of nitrogens with zero attached hydrogens (tertiary/aromatic N) is 1. The number of hydrogen-bond acceptors (Lipinski definition) is 4. The van der Waals surface area contributed by atoms with Gasteiger partial charge in [0.15, 0.2) is 6.61 Å². The minimum atomic E-state index is -0.356. The molecule has 0 unspecified atom stereocenters. The summed E-state index contributed by atoms with van der Waals surface area (Å²) in [6.45, 7) is 3.74. The SMILES string of the molecule is Cc1cccc(C)c1OCC(=O)NN=Cc1cc(Br)c(O)c(Br)c1. The smallest absolute Gasteiger partial charge is 0.277 e. The van der Waals surface area contributed by atoms with Crippen LogP contribution in [0.2, 0.25) is 0 Å². The highest BCUT2D eigenvalue weighted by atomic mass is 79.9. The van der Waals surface area contributed by atoms with Crippen molar-refractivity contribution < 1.29 is 14.6 Å². The molecule has 2 aromatic carbocycles. The normalized spacial score (nSPS) is 10.8. The standard InChI is InChI=1S/C17H16Br2N2O3/c1-10-4-3-5-11(2)17(10)24-9-15(22)21-20-8-12-6-13(18)16(23)14(19)7-12/h3-8,23H,9H2,1-2H3,(H,21,22). The summed E-state index contributed by atoms with van der Waals surface area (Å²) in [7, 11) is 0. The molecule has 0 atom stereocenters. The summed E-state index contributed by atoms with van der Waals surface area (Å²) in [5.74, 6) is 0.465. The lowest BCUT2D eigenvalue weighted by Crippen LogP contribution is -2.25. The van der Waals surface area contributed by atoms with Crippen molar-refractivity contribution in [2.45, 2.75) is 13.8 Å². The third kappa shape index (κ3) is 4.82. The van der Waals surface area contributed by atoms with E-state index in [9.17, 15) is 9.90 Å². The van der Waals surface area contributed by atoms with E-state index in [1.165, 1.54) is 6.21 Å². The third-order valence-corrected chi connectivity index (χ3v) is 4.41. The maximum absolute atomic E-state index is 11.8. The molecule has 2 aromatic rings. The van der Waals surface area contributed by atoms with Crippen molar-refractivity contribution in [3.05, 3.63) is 56.0 Å². The first-order chi connectivity index (χ1) is 11.4. The van der Waals surface area contributed by atoms with Crippen molar-refractivity contribution in [2.75, 3.05) is 6.61 Å². The molecule has 5 nitrogen and oxygen atoms in total. The van der Waals surface area contributed by atoms with Crippen LogP contribution in [0.1, 0.15) is 16.7 Å². The fourth-order valence-corrected chi connectivity index (χ4v) is 3.26. The third-order valence-electron chi connectivity index (χ3n) is 3.20. The molecule has 2 rings (SSSR count). The Bertz CT molecular complexity index is 748. The van der Waals surface area contributed by atoms with Gasteiger partial charge in [0.25, 0.3) is 5.91 Å². The second-order valence-corrected chi connectivity index (χ2v) is 6.84. The van der Waals surface area contributed by atoms with Gasteiger partial charge in [0.2, 0.25) is 0 Å². The van der Waals surface area contributed by atoms with Crippen LogP contribution < -0.4 is 10.2 Å². The molecule has 0 saturated carbocycles. The molecule has 0 fully saturated rings. The molecule has 0 spiro atoms. The number of aryl methyl sites for hydroxylation is 2. The highest BCUT2D eigenvalue weighted by Gasteiger charge is 2.07. The zero-order valence-corrected chi connectivity index (χ0v) is 16.3. The average molecular weight is 456 g/mol. The highest BCUT2D eigenvalue weighted by molar-refractivity contribution is 9.11. The molecule has 1 amide bonds. The number of nitrogens with one attached hydrogen (secondary N) is 1. The molecule has 0 heterocycles. The number of hydrogen-bond donors (Lipinski definition) is 2. The first-order valence-electron chi connectivity index (χ1n) is 7.07. The Morgan fingerprint density at radius 3 is 2.42 bits per heavy atom. The lowest BCUT2D eigenvalue weighted by molar-refractivity contribution is -0.123. The summed E-state index contributed by atoms with van der Waals surface area (Å²) >= 11 is 6.47. The Kier molecular flexibility index (Phi) is 6.39. The summed E-state index contributed by atoms with van der Waals surface area (Å²) in [6, 6.07) is 9.17. The predicted octanol–water partition coefficient (Wildman–Crippen LogP) is 4.06. The van der Waals surface area contributed by atoms with Crippen molar-refractivity contribution in [2.24, 2.45) is 5.10 Å². The van der Waals surface area contributed by atoms with E-state index >= 15 is 0 Å². The van der Waals surface area contributed by atoms with Crippen LogP contribution in [0.15, 0.2) is 44.4 Å². The molecule has 2 N–H and O–H groups in total. The summed E-state index contributed by atoms with van der Waals surface area (Å²) in [6.07, 6.45) is 1.48. The molecule has 126 valence electrons. The van der Waals surface area contributed by atoms with E-state index in [0.717, 1.165) is 11.1 Å². The Labute approximate surface area is 157 Å². The van der Waals surface area contributed by atoms with Gasteiger partial charge in [-0.05, 0) is 74.5 Å². The first-order valence-corrected chi connectivity index (χ1v) is 8.66. The predicted molar refractivity (Wildman–Crippen MR) is 101 cm³/mol. The Balaban J connectivity index is 1.91. The van der Waals surface area contributed by atoms with Crippen LogP contribution in [0.3, 0.4) is 0 Å². The Hall–Kier alpha value is -1.86. The molecule has 7 heteroatoms. The fourth-order valence-electron chi connectivity index (χ4n) is 2.04. The van der Waals surface area contributed by atoms with Gasteiger partial charge < -0.3 is 9.84 Å². The first kappa shape index (κ1) is 18.5. The Morgan fingerprint density at radius 2 is 1.83 bits per heavy atom. The van der Waals surface area contributed by atoms with E-state index < -0.39 is 0 Å². The second kappa shape index (κ2) is 8.30. The number of ether oxygens (including phenoxy) is 1. The maximum Gasteiger partial charge on any atom is 0.277 e. The molecule has 0 aliphatic heterocycles. The van der Waals surface area contributed by atoms with E-state index in [2.05, 4.69) is 42.4 Å². The van der Waals surface area contributed by atoms with Crippen LogP contribution in [0.4, 0.5) is 0 Å². The van der Waals surface area contributed by atoms with Gasteiger partial charge in [-0.1, -0.05) is 18.2 Å². The number of hydrazone groups is 1. The number of phenols is 1. The maximum atomic E-state index is 11.8. The lowest BCUT2D eigenvalue weighted by Gasteiger charge is -2.10. The number of benzene rings is 2. The highest BCUT2D eigenvalue weighted by Crippen LogP contribution is 2.32. The minimum Gasteiger partial charge on any atom is -0.506 e. The summed E-state index contributed by atoms with van der Waals surface area (Å²) < 4.78 is 6.61. The van der Waals surface area contributed by atoms with Gasteiger partial charge in [-0.15, -0.1) is 0 Å². The van der Waals surface area contributed by atoms with E-state index in [1.54, 1.807) is 12.1 Å². The van der Waals surface area contributed by atoms with Gasteiger partial charge in [0.1, 0.15) is 11.5 Å². The van der Waals surface area contributed by atoms with E-state index in [0.29, 0.717) is 20.3 Å². The van der Waals surface area contributed by atoms with Crippen LogP contribution in [-0.4, -0.2) is 23.8 Å². The van der Waals surface area contributed by atoms with Gasteiger partial charge >= 0.3 is 0 Å². The van der Waals surface area contributed by atoms with Gasteiger partial charge in [0.05, 0.1) is 15.2 Å². The van der Waals surface area contributed by atoms with Gasteiger partial charge in [-0.25, -0.2) is 5.43 Å². The topological polar surface area (TPSA) is 70.9 Å². The van der Waals surface area contributed by atoms with Gasteiger partial charge in [-0.2, -0.15) is 5.10 Å². The minimum absolute atomic E-state index is 0.109. The number of carbonyl (C=O) groups excluding carboxylic acids is 1. The van der Waals surface area contributed by atoms with E-state index in [-0.39, 0.29) is 18.3 Å². The molecule has 0 aliphatic carbocycles. The molecule has 24 heavy (non-hydrogen) atoms. The fraction of sp³-hybridized carbons (Fsp3) is 0.176. The number of phenolic OH excluding ortho intramolecular Hbond substituents is 1. The number of para-hydroxylation sites is 1. The quantitative estimate of drug-likeness (QED) is 0.527. The molecular weight excluding hydrogens is 440 g/mol. The number of rotatable bonds is 5. The molecule has 0 aliphatic rings. The number of carbonyl (C=O) groups is 1. The van der Waals surface area contributed by atoms with Crippen molar-refractivity contribution in [3.8, 4) is 11.5 Å². The van der Waals surface area contributed by atoms with Crippen LogP contribution in [-0.2, 0) is 4.79 Å². The number of amides is 1. The van der Waals surface area contributed by atoms with Crippen molar-refractivity contribution in [3.63, 3.8) is 0 Å². The summed E-state index contributed by atoms with van der Waals surface area (Å²) in [4.78, 5) is 11.8. The van der Waals surface area contributed by atoms with Gasteiger partial charge in [-0.3, -0.25) is 4.79 Å². The molecule has 0 bridgehead atoms. The van der Waals surface area contributed by atoms with Crippen LogP contribution in [0, 0.1) is 13.8 Å². The van der Waals surface area contributed by atoms with Crippen molar-refractivity contribution >= 4 is 44.0 Å². The van der Waals surface area contributed by atoms with Crippen LogP contribution >= 0.6 is 31.9 Å². The average Bonchev–Trinajstić information content (AvgIpc) is 2.52. The zero-order chi connectivity index (χ0) is 17.7. The number of aromatic hydroxyl groups is 1. The van der Waals surface area contributed by atoms with E-state index in [4.69, 9.17) is 4.74 Å². The molecule has 0 aromatic heterocycles. The summed E-state index contributed by atoms with van der Waals surface area (Å²) in [5, 5.41) is 13.5. The molecular formula is C17H16Br2N2O3. The summed E-state index contributed by atoms with van der Waals surface area (Å²) in [5.41, 5.74) is 5.07. The van der Waals surface area contributed by atoms with Crippen LogP contribution in [0.25, 0.3) is 0 Å². The zero-order valence-electron chi connectivity index (χ0n) is 13.1. The monoisotopic (exact) mass is 454 g/mol. The largest absolute Gasteiger partial charge is 0.506 e. The molecule has 0 saturated heterocycles. The molecule has 0 radical (unpaired) electrons. The Morgan fingerprint density at radius 1 is 1.25 bits per heavy atom. The van der Waals surface area contributed by atoms with Crippen molar-refractivity contribution in [1.29, 1.82) is 0 Å². The lowest BCUT2D eigenvalue weighted by atomic mass is 10.1. The van der Waals surface area contributed by atoms with E-state index in [1.807, 2.05) is 32.0 Å².